The first-order valence-corrected chi connectivity index (χ1v) is 25.4. The standard InChI is InChI=1S/C52H90O14/c1-3-5-7-9-11-13-14-15-16-17-18-19-20-21-22-23-24-25-26-27-29-31-33-35-44(54)64-41(38-61-36-34-32-30-28-12-10-8-6-4-2)39-62-51-50(60)48(58)46(56)43(66-51)40-63-52-49(59)47(57)45(55)42(37-53)65-52/h5,7,11,13,15-16,18-19,21-22,41-43,45-53,55-60H,3-4,6,8-10,12,14,17,20,23-40H2,1-2H3/b7-5-,13-11-,16-15-,19-18-,22-21-. The predicted octanol–water partition coefficient (Wildman–Crippen LogP) is 7.35. The molecular weight excluding hydrogens is 849 g/mol. The Hall–Kier alpha value is -2.31. The summed E-state index contributed by atoms with van der Waals surface area (Å²) in [6, 6.07) is 0. The fourth-order valence-electron chi connectivity index (χ4n) is 7.66. The monoisotopic (exact) mass is 939 g/mol. The van der Waals surface area contributed by atoms with Crippen LogP contribution in [0.1, 0.15) is 162 Å². The maximum atomic E-state index is 13.0. The number of hydrogen-bond donors (Lipinski definition) is 7. The van der Waals surface area contributed by atoms with Crippen molar-refractivity contribution in [2.24, 2.45) is 0 Å². The molecule has 0 amide bonds. The first kappa shape index (κ1) is 59.8. The maximum absolute atomic E-state index is 13.0. The van der Waals surface area contributed by atoms with E-state index in [1.807, 2.05) is 0 Å². The number of hydrogen-bond acceptors (Lipinski definition) is 14. The zero-order valence-corrected chi connectivity index (χ0v) is 40.4. The summed E-state index contributed by atoms with van der Waals surface area (Å²) in [6.45, 7) is 3.53. The first-order chi connectivity index (χ1) is 32.1. The minimum Gasteiger partial charge on any atom is -0.457 e. The van der Waals surface area contributed by atoms with Gasteiger partial charge in [0.1, 0.15) is 54.9 Å². The van der Waals surface area contributed by atoms with Gasteiger partial charge in [-0.3, -0.25) is 4.79 Å². The van der Waals surface area contributed by atoms with E-state index in [4.69, 9.17) is 28.4 Å². The molecule has 11 unspecified atom stereocenters. The number of allylic oxidation sites excluding steroid dienone is 10. The van der Waals surface area contributed by atoms with Crippen molar-refractivity contribution in [3.05, 3.63) is 60.8 Å². The Morgan fingerprint density at radius 1 is 0.515 bits per heavy atom. The lowest BCUT2D eigenvalue weighted by atomic mass is 9.98. The number of rotatable bonds is 39. The van der Waals surface area contributed by atoms with Gasteiger partial charge < -0.3 is 64.2 Å². The third-order valence-corrected chi connectivity index (χ3v) is 11.8. The van der Waals surface area contributed by atoms with Gasteiger partial charge in [-0.25, -0.2) is 0 Å². The van der Waals surface area contributed by atoms with Crippen LogP contribution in [-0.4, -0.2) is 142 Å². The molecule has 11 atom stereocenters. The van der Waals surface area contributed by atoms with E-state index in [9.17, 15) is 40.5 Å². The van der Waals surface area contributed by atoms with Crippen molar-refractivity contribution in [2.75, 3.05) is 33.0 Å². The lowest BCUT2D eigenvalue weighted by Gasteiger charge is -2.42. The third-order valence-electron chi connectivity index (χ3n) is 11.8. The minimum absolute atomic E-state index is 0.0556. The molecule has 2 rings (SSSR count). The first-order valence-electron chi connectivity index (χ1n) is 25.4. The molecule has 2 aliphatic rings. The van der Waals surface area contributed by atoms with Crippen molar-refractivity contribution in [2.45, 2.75) is 229 Å². The van der Waals surface area contributed by atoms with Gasteiger partial charge in [0, 0.05) is 13.0 Å². The van der Waals surface area contributed by atoms with Crippen LogP contribution in [0.15, 0.2) is 60.8 Å². The van der Waals surface area contributed by atoms with E-state index in [1.54, 1.807) is 0 Å². The van der Waals surface area contributed by atoms with Gasteiger partial charge in [0.05, 0.1) is 26.4 Å². The van der Waals surface area contributed by atoms with Crippen LogP contribution in [0.3, 0.4) is 0 Å². The van der Waals surface area contributed by atoms with E-state index in [1.165, 1.54) is 51.4 Å². The van der Waals surface area contributed by atoms with Gasteiger partial charge in [-0.1, -0.05) is 158 Å². The van der Waals surface area contributed by atoms with Crippen LogP contribution < -0.4 is 0 Å². The van der Waals surface area contributed by atoms with Gasteiger partial charge in [0.15, 0.2) is 12.6 Å². The Labute approximate surface area is 396 Å². The fourth-order valence-corrected chi connectivity index (χ4v) is 7.66. The quantitative estimate of drug-likeness (QED) is 0.0183. The fraction of sp³-hybridized carbons (Fsp3) is 0.788. The van der Waals surface area contributed by atoms with E-state index in [2.05, 4.69) is 74.6 Å². The van der Waals surface area contributed by atoms with Crippen molar-refractivity contribution >= 4 is 5.97 Å². The summed E-state index contributed by atoms with van der Waals surface area (Å²) in [5, 5.41) is 72.0. The van der Waals surface area contributed by atoms with Crippen LogP contribution >= 0.6 is 0 Å². The molecule has 7 N–H and O–H groups in total. The second-order valence-corrected chi connectivity index (χ2v) is 17.6. The SMILES string of the molecule is CC/C=C\C/C=C\C/C=C\C/C=C\C/C=C\CCCCCCCCCC(=O)OC(COCCCCCCCCCCC)COC1OC(COC2OC(CO)C(O)C(O)C2O)C(O)C(O)C1O. The minimum atomic E-state index is -1.71. The molecule has 382 valence electrons. The Bertz CT molecular complexity index is 1320. The molecule has 2 fully saturated rings. The highest BCUT2D eigenvalue weighted by atomic mass is 16.7. The number of esters is 1. The van der Waals surface area contributed by atoms with Crippen LogP contribution in [0.2, 0.25) is 0 Å². The van der Waals surface area contributed by atoms with E-state index in [0.717, 1.165) is 83.5 Å². The van der Waals surface area contributed by atoms with E-state index >= 15 is 0 Å². The van der Waals surface area contributed by atoms with Crippen LogP contribution in [0.4, 0.5) is 0 Å². The Morgan fingerprint density at radius 2 is 0.985 bits per heavy atom. The van der Waals surface area contributed by atoms with Crippen molar-refractivity contribution in [1.29, 1.82) is 0 Å². The molecule has 0 aromatic rings. The van der Waals surface area contributed by atoms with Gasteiger partial charge in [-0.05, 0) is 57.8 Å². The van der Waals surface area contributed by atoms with E-state index < -0.39 is 86.7 Å². The highest BCUT2D eigenvalue weighted by Gasteiger charge is 2.47. The average molecular weight is 939 g/mol. The van der Waals surface area contributed by atoms with Crippen LogP contribution in [0.5, 0.6) is 0 Å². The van der Waals surface area contributed by atoms with Crippen molar-refractivity contribution in [3.63, 3.8) is 0 Å². The number of aliphatic hydroxyl groups is 7. The number of ether oxygens (including phenoxy) is 6. The molecule has 66 heavy (non-hydrogen) atoms. The lowest BCUT2D eigenvalue weighted by molar-refractivity contribution is -0.332. The lowest BCUT2D eigenvalue weighted by Crippen LogP contribution is -2.61. The molecule has 0 radical (unpaired) electrons. The topological polar surface area (TPSA) is 214 Å². The number of carbonyl (C=O) groups excluding carboxylic acids is 1. The number of carbonyl (C=O) groups is 1. The zero-order chi connectivity index (χ0) is 48.0. The molecule has 2 aliphatic heterocycles. The Balaban J connectivity index is 1.72. The van der Waals surface area contributed by atoms with Crippen molar-refractivity contribution in [3.8, 4) is 0 Å². The summed E-state index contributed by atoms with van der Waals surface area (Å²) in [5.41, 5.74) is 0. The highest BCUT2D eigenvalue weighted by molar-refractivity contribution is 5.69. The smallest absolute Gasteiger partial charge is 0.306 e. The molecule has 2 heterocycles. The van der Waals surface area contributed by atoms with Crippen molar-refractivity contribution < 1.29 is 69.0 Å². The summed E-state index contributed by atoms with van der Waals surface area (Å²) in [7, 11) is 0. The molecule has 0 aromatic heterocycles. The normalized spacial score (nSPS) is 26.8. The summed E-state index contributed by atoms with van der Waals surface area (Å²) < 4.78 is 34.2. The number of aliphatic hydroxyl groups excluding tert-OH is 7. The molecule has 0 aliphatic carbocycles. The molecule has 0 aromatic carbocycles. The van der Waals surface area contributed by atoms with Crippen LogP contribution in [0, 0.1) is 0 Å². The molecule has 14 heteroatoms. The molecule has 14 nitrogen and oxygen atoms in total. The predicted molar refractivity (Wildman–Crippen MR) is 256 cm³/mol. The average Bonchev–Trinajstić information content (AvgIpc) is 3.31. The second-order valence-electron chi connectivity index (χ2n) is 17.6. The molecular formula is C52H90O14. The van der Waals surface area contributed by atoms with E-state index in [0.29, 0.717) is 13.0 Å². The summed E-state index contributed by atoms with van der Waals surface area (Å²) in [4.78, 5) is 13.0. The molecule has 0 saturated carbocycles. The second kappa shape index (κ2) is 39.5. The largest absolute Gasteiger partial charge is 0.457 e. The van der Waals surface area contributed by atoms with Gasteiger partial charge in [-0.15, -0.1) is 0 Å². The van der Waals surface area contributed by atoms with Gasteiger partial charge in [-0.2, -0.15) is 0 Å². The van der Waals surface area contributed by atoms with Crippen molar-refractivity contribution in [1.82, 2.24) is 0 Å². The molecule has 0 spiro atoms. The Morgan fingerprint density at radius 3 is 1.55 bits per heavy atom. The maximum Gasteiger partial charge on any atom is 0.306 e. The molecule has 2 saturated heterocycles. The van der Waals surface area contributed by atoms with Gasteiger partial charge >= 0.3 is 5.97 Å². The summed E-state index contributed by atoms with van der Waals surface area (Å²) >= 11 is 0. The Kier molecular flexibility index (Phi) is 35.8. The highest BCUT2D eigenvalue weighted by Crippen LogP contribution is 2.26. The summed E-state index contributed by atoms with van der Waals surface area (Å²) in [5.74, 6) is -0.390. The van der Waals surface area contributed by atoms with Gasteiger partial charge in [0.2, 0.25) is 0 Å². The van der Waals surface area contributed by atoms with Gasteiger partial charge in [0.25, 0.3) is 0 Å². The van der Waals surface area contributed by atoms with Crippen LogP contribution in [0.25, 0.3) is 0 Å². The zero-order valence-electron chi connectivity index (χ0n) is 40.4. The van der Waals surface area contributed by atoms with E-state index in [-0.39, 0.29) is 19.6 Å². The van der Waals surface area contributed by atoms with Crippen LogP contribution in [-0.2, 0) is 33.2 Å². The number of unbranched alkanes of at least 4 members (excludes halogenated alkanes) is 15. The third kappa shape index (κ3) is 27.0. The molecule has 0 bridgehead atoms. The summed E-state index contributed by atoms with van der Waals surface area (Å²) in [6.07, 6.45) is 30.0.